The van der Waals surface area contributed by atoms with E-state index in [4.69, 9.17) is 4.74 Å². The molecule has 2 amide bonds. The monoisotopic (exact) mass is 463 g/mol. The third-order valence-electron chi connectivity index (χ3n) is 5.76. The number of ether oxygens (including phenoxy) is 1. The highest BCUT2D eigenvalue weighted by Gasteiger charge is 2.31. The van der Waals surface area contributed by atoms with Crippen LogP contribution in [-0.4, -0.2) is 66.3 Å². The van der Waals surface area contributed by atoms with Crippen molar-refractivity contribution in [2.45, 2.75) is 37.8 Å². The molecule has 12 nitrogen and oxygen atoms in total. The molecule has 3 aromatic rings. The molecule has 3 aromatic heterocycles. The Balaban J connectivity index is 1.42. The number of nitrogens with one attached hydrogen (secondary N) is 2. The average molecular weight is 464 g/mol. The van der Waals surface area contributed by atoms with Crippen LogP contribution in [0, 0.1) is 0 Å². The molecule has 4 heterocycles. The molecule has 0 spiro atoms. The molecule has 2 N–H and O–H groups in total. The summed E-state index contributed by atoms with van der Waals surface area (Å²) in [6.45, 7) is 0.617. The highest BCUT2D eigenvalue weighted by molar-refractivity contribution is 6.09. The SMILES string of the molecule is CN(C(=O)c1nn(C)cc1NC(=O)c1nc(C2CC2)cnc1Nc1cncnc1)C1CCCO1. The van der Waals surface area contributed by atoms with Crippen molar-refractivity contribution in [3.8, 4) is 0 Å². The van der Waals surface area contributed by atoms with Crippen molar-refractivity contribution in [1.29, 1.82) is 0 Å². The fraction of sp³-hybridized carbons (Fsp3) is 0.409. The normalized spacial score (nSPS) is 17.4. The second-order valence-corrected chi connectivity index (χ2v) is 8.42. The third-order valence-corrected chi connectivity index (χ3v) is 5.76. The summed E-state index contributed by atoms with van der Waals surface area (Å²) in [6.07, 6.45) is 11.2. The van der Waals surface area contributed by atoms with Crippen LogP contribution in [0.5, 0.6) is 0 Å². The molecule has 1 aliphatic heterocycles. The molecule has 12 heteroatoms. The first kappa shape index (κ1) is 21.9. The Morgan fingerprint density at radius 2 is 1.94 bits per heavy atom. The molecule has 1 saturated carbocycles. The lowest BCUT2D eigenvalue weighted by Gasteiger charge is -2.23. The van der Waals surface area contributed by atoms with Crippen LogP contribution >= 0.6 is 0 Å². The van der Waals surface area contributed by atoms with Crippen molar-refractivity contribution < 1.29 is 14.3 Å². The first-order valence-electron chi connectivity index (χ1n) is 11.1. The maximum atomic E-state index is 13.4. The molecule has 2 fully saturated rings. The van der Waals surface area contributed by atoms with E-state index in [9.17, 15) is 9.59 Å². The molecule has 2 aliphatic rings. The summed E-state index contributed by atoms with van der Waals surface area (Å²) in [5.41, 5.74) is 1.87. The van der Waals surface area contributed by atoms with Crippen LogP contribution in [0.15, 0.2) is 31.1 Å². The third kappa shape index (κ3) is 4.57. The summed E-state index contributed by atoms with van der Waals surface area (Å²) in [4.78, 5) is 45.0. The van der Waals surface area contributed by atoms with E-state index in [-0.39, 0.29) is 35.0 Å². The Bertz CT molecular complexity index is 1200. The minimum atomic E-state index is -0.504. The largest absolute Gasteiger partial charge is 0.358 e. The van der Waals surface area contributed by atoms with Crippen LogP contribution in [0.4, 0.5) is 17.2 Å². The Morgan fingerprint density at radius 1 is 1.15 bits per heavy atom. The van der Waals surface area contributed by atoms with Gasteiger partial charge in [-0.25, -0.2) is 19.9 Å². The highest BCUT2D eigenvalue weighted by Crippen LogP contribution is 2.39. The van der Waals surface area contributed by atoms with E-state index < -0.39 is 5.91 Å². The van der Waals surface area contributed by atoms with Crippen molar-refractivity contribution in [2.75, 3.05) is 24.3 Å². The number of hydrogen-bond donors (Lipinski definition) is 2. The Morgan fingerprint density at radius 3 is 2.65 bits per heavy atom. The number of carbonyl (C=O) groups is 2. The summed E-state index contributed by atoms with van der Waals surface area (Å²) in [6, 6.07) is 0. The van der Waals surface area contributed by atoms with Gasteiger partial charge in [-0.3, -0.25) is 14.3 Å². The molecule has 1 atom stereocenters. The number of carbonyl (C=O) groups excluding carboxylic acids is 2. The molecule has 1 unspecified atom stereocenters. The second-order valence-electron chi connectivity index (χ2n) is 8.42. The number of hydrogen-bond acceptors (Lipinski definition) is 9. The van der Waals surface area contributed by atoms with Crippen molar-refractivity contribution in [2.24, 2.45) is 7.05 Å². The molecule has 176 valence electrons. The van der Waals surface area contributed by atoms with Crippen LogP contribution in [0.1, 0.15) is 58.3 Å². The van der Waals surface area contributed by atoms with Gasteiger partial charge in [0, 0.05) is 32.8 Å². The van der Waals surface area contributed by atoms with Gasteiger partial charge < -0.3 is 20.3 Å². The molecule has 1 saturated heterocycles. The molecule has 1 aliphatic carbocycles. The van der Waals surface area contributed by atoms with Crippen LogP contribution in [0.25, 0.3) is 0 Å². The van der Waals surface area contributed by atoms with E-state index in [1.807, 2.05) is 0 Å². The number of rotatable bonds is 7. The van der Waals surface area contributed by atoms with Gasteiger partial charge in [-0.1, -0.05) is 0 Å². The maximum absolute atomic E-state index is 13.4. The van der Waals surface area contributed by atoms with Gasteiger partial charge in [0.25, 0.3) is 11.8 Å². The van der Waals surface area contributed by atoms with Crippen molar-refractivity contribution in [1.82, 2.24) is 34.6 Å². The summed E-state index contributed by atoms with van der Waals surface area (Å²) >= 11 is 0. The van der Waals surface area contributed by atoms with E-state index >= 15 is 0 Å². The van der Waals surface area contributed by atoms with Gasteiger partial charge in [-0.05, 0) is 25.7 Å². The van der Waals surface area contributed by atoms with E-state index in [1.54, 1.807) is 38.9 Å². The van der Waals surface area contributed by atoms with Crippen molar-refractivity contribution in [3.63, 3.8) is 0 Å². The van der Waals surface area contributed by atoms with E-state index in [1.165, 1.54) is 15.9 Å². The molecular weight excluding hydrogens is 438 g/mol. The molecule has 34 heavy (non-hydrogen) atoms. The molecule has 0 aromatic carbocycles. The predicted molar refractivity (Wildman–Crippen MR) is 122 cm³/mol. The number of aryl methyl sites for hydroxylation is 1. The minimum absolute atomic E-state index is 0.114. The first-order valence-corrected chi connectivity index (χ1v) is 11.1. The molecule has 5 rings (SSSR count). The van der Waals surface area contributed by atoms with Gasteiger partial charge in [0.2, 0.25) is 0 Å². The smallest absolute Gasteiger partial charge is 0.278 e. The van der Waals surface area contributed by atoms with Gasteiger partial charge in [-0.2, -0.15) is 5.10 Å². The fourth-order valence-corrected chi connectivity index (χ4v) is 3.81. The zero-order valence-corrected chi connectivity index (χ0v) is 18.9. The lowest BCUT2D eigenvalue weighted by Crippen LogP contribution is -2.37. The van der Waals surface area contributed by atoms with Crippen LogP contribution in [0.3, 0.4) is 0 Å². The molecular formula is C22H25N9O3. The second kappa shape index (κ2) is 9.14. The Labute approximate surface area is 195 Å². The highest BCUT2D eigenvalue weighted by atomic mass is 16.5. The van der Waals surface area contributed by atoms with Gasteiger partial charge in [-0.15, -0.1) is 0 Å². The molecule has 0 bridgehead atoms. The number of nitrogens with zero attached hydrogens (tertiary/aromatic N) is 7. The zero-order chi connectivity index (χ0) is 23.7. The van der Waals surface area contributed by atoms with Gasteiger partial charge >= 0.3 is 0 Å². The van der Waals surface area contributed by atoms with Crippen LogP contribution in [-0.2, 0) is 11.8 Å². The van der Waals surface area contributed by atoms with Crippen LogP contribution in [0.2, 0.25) is 0 Å². The van der Waals surface area contributed by atoms with Crippen LogP contribution < -0.4 is 10.6 Å². The van der Waals surface area contributed by atoms with E-state index in [2.05, 4.69) is 35.7 Å². The fourth-order valence-electron chi connectivity index (χ4n) is 3.81. The summed E-state index contributed by atoms with van der Waals surface area (Å²) in [7, 11) is 3.36. The minimum Gasteiger partial charge on any atom is -0.358 e. The van der Waals surface area contributed by atoms with Gasteiger partial charge in [0.05, 0.1) is 35.7 Å². The summed E-state index contributed by atoms with van der Waals surface area (Å²) in [5, 5.41) is 10.1. The predicted octanol–water partition coefficient (Wildman–Crippen LogP) is 2.08. The number of anilines is 3. The summed E-state index contributed by atoms with van der Waals surface area (Å²) < 4.78 is 7.10. The lowest BCUT2D eigenvalue weighted by molar-refractivity contribution is 0.000559. The van der Waals surface area contributed by atoms with Gasteiger partial charge in [0.15, 0.2) is 17.2 Å². The zero-order valence-electron chi connectivity index (χ0n) is 18.9. The van der Waals surface area contributed by atoms with Gasteiger partial charge in [0.1, 0.15) is 12.6 Å². The Kier molecular flexibility index (Phi) is 5.88. The lowest BCUT2D eigenvalue weighted by atomic mass is 10.2. The van der Waals surface area contributed by atoms with E-state index in [0.717, 1.165) is 31.4 Å². The first-order chi connectivity index (χ1) is 16.5. The standard InChI is InChI=1S/C22H25N9O3/c1-30-11-16(18(29-30)22(33)31(2)17-4-3-7-34-17)28-21(32)19-20(26-14-8-23-12-24-9-14)25-10-15(27-19)13-5-6-13/h8-13,17H,3-7H2,1-2H3,(H,25,26)(H,28,32). The van der Waals surface area contributed by atoms with Crippen molar-refractivity contribution in [3.05, 3.63) is 48.2 Å². The average Bonchev–Trinajstić information content (AvgIpc) is 3.42. The number of amides is 2. The summed E-state index contributed by atoms with van der Waals surface area (Å²) in [5.74, 6) is -0.259. The molecule has 0 radical (unpaired) electrons. The van der Waals surface area contributed by atoms with E-state index in [0.29, 0.717) is 18.2 Å². The number of aromatic nitrogens is 6. The Hall–Kier alpha value is -3.93. The quantitative estimate of drug-likeness (QED) is 0.539. The topological polar surface area (TPSA) is 140 Å². The van der Waals surface area contributed by atoms with Crippen molar-refractivity contribution >= 4 is 29.0 Å². The maximum Gasteiger partial charge on any atom is 0.278 e.